The number of ether oxygens (including phenoxy) is 1. The molecule has 0 saturated heterocycles. The van der Waals surface area contributed by atoms with Crippen LogP contribution >= 0.6 is 15.9 Å². The molecule has 4 N–H and O–H groups in total. The number of hydrogen-bond donors (Lipinski definition) is 3. The first-order chi connectivity index (χ1) is 8.43. The van der Waals surface area contributed by atoms with Crippen LogP contribution in [-0.2, 0) is 9.53 Å². The molecule has 7 heteroatoms. The number of rotatable bonds is 5. The van der Waals surface area contributed by atoms with E-state index in [1.54, 1.807) is 12.1 Å². The average molecular weight is 317 g/mol. The van der Waals surface area contributed by atoms with E-state index in [1.165, 1.54) is 13.2 Å². The predicted molar refractivity (Wildman–Crippen MR) is 69.3 cm³/mol. The van der Waals surface area contributed by atoms with Crippen molar-refractivity contribution < 1.29 is 19.4 Å². The zero-order chi connectivity index (χ0) is 13.7. The summed E-state index contributed by atoms with van der Waals surface area (Å²) in [6, 6.07) is 3.56. The highest BCUT2D eigenvalue weighted by atomic mass is 79.9. The summed E-state index contributed by atoms with van der Waals surface area (Å²) in [5.74, 6) is -1.68. The van der Waals surface area contributed by atoms with Crippen LogP contribution in [0.3, 0.4) is 0 Å². The summed E-state index contributed by atoms with van der Waals surface area (Å²) >= 11 is 3.21. The van der Waals surface area contributed by atoms with Crippen LogP contribution in [0.15, 0.2) is 22.7 Å². The summed E-state index contributed by atoms with van der Waals surface area (Å²) in [6.45, 7) is -0.107. The molecule has 0 spiro atoms. The summed E-state index contributed by atoms with van der Waals surface area (Å²) < 4.78 is 5.36. The summed E-state index contributed by atoms with van der Waals surface area (Å²) in [7, 11) is 1.36. The summed E-state index contributed by atoms with van der Waals surface area (Å²) in [4.78, 5) is 22.7. The van der Waals surface area contributed by atoms with Gasteiger partial charge in [-0.15, -0.1) is 0 Å². The number of amides is 1. The molecule has 0 aliphatic heterocycles. The van der Waals surface area contributed by atoms with Crippen molar-refractivity contribution in [2.75, 3.05) is 19.5 Å². The molecule has 0 radical (unpaired) electrons. The lowest BCUT2D eigenvalue weighted by Gasteiger charge is -2.13. The maximum atomic E-state index is 11.8. The quantitative estimate of drug-likeness (QED) is 0.699. The van der Waals surface area contributed by atoms with Crippen molar-refractivity contribution in [2.45, 2.75) is 6.04 Å². The van der Waals surface area contributed by atoms with Crippen molar-refractivity contribution in [1.82, 2.24) is 5.32 Å². The van der Waals surface area contributed by atoms with Crippen molar-refractivity contribution in [3.8, 4) is 0 Å². The highest BCUT2D eigenvalue weighted by Gasteiger charge is 2.20. The van der Waals surface area contributed by atoms with Gasteiger partial charge in [0.2, 0.25) is 0 Å². The van der Waals surface area contributed by atoms with Gasteiger partial charge in [-0.25, -0.2) is 4.79 Å². The molecule has 0 fully saturated rings. The highest BCUT2D eigenvalue weighted by molar-refractivity contribution is 9.10. The van der Waals surface area contributed by atoms with Gasteiger partial charge in [-0.2, -0.15) is 0 Å². The maximum absolute atomic E-state index is 11.8. The van der Waals surface area contributed by atoms with Gasteiger partial charge in [-0.1, -0.05) is 15.9 Å². The minimum Gasteiger partial charge on any atom is -0.480 e. The van der Waals surface area contributed by atoms with Crippen molar-refractivity contribution in [1.29, 1.82) is 0 Å². The van der Waals surface area contributed by atoms with Crippen LogP contribution in [0.25, 0.3) is 0 Å². The molecule has 0 aromatic heterocycles. The van der Waals surface area contributed by atoms with Gasteiger partial charge in [-0.05, 0) is 18.2 Å². The molecular formula is C11H13BrN2O4. The fourth-order valence-corrected chi connectivity index (χ4v) is 1.84. The highest BCUT2D eigenvalue weighted by Crippen LogP contribution is 2.17. The monoisotopic (exact) mass is 316 g/mol. The number of hydrogen-bond acceptors (Lipinski definition) is 4. The van der Waals surface area contributed by atoms with Crippen LogP contribution in [0, 0.1) is 0 Å². The topological polar surface area (TPSA) is 102 Å². The Balaban J connectivity index is 2.83. The Labute approximate surface area is 112 Å². The van der Waals surface area contributed by atoms with Gasteiger partial charge in [0.15, 0.2) is 6.04 Å². The van der Waals surface area contributed by atoms with Crippen LogP contribution in [0.2, 0.25) is 0 Å². The lowest BCUT2D eigenvalue weighted by atomic mass is 10.2. The van der Waals surface area contributed by atoms with E-state index in [-0.39, 0.29) is 12.2 Å². The van der Waals surface area contributed by atoms with Gasteiger partial charge in [0.25, 0.3) is 5.91 Å². The van der Waals surface area contributed by atoms with Gasteiger partial charge in [-0.3, -0.25) is 4.79 Å². The third-order valence-electron chi connectivity index (χ3n) is 2.12. The fourth-order valence-electron chi connectivity index (χ4n) is 1.33. The molecule has 0 bridgehead atoms. The summed E-state index contributed by atoms with van der Waals surface area (Å²) in [5, 5.41) is 11.2. The molecule has 1 unspecified atom stereocenters. The van der Waals surface area contributed by atoms with E-state index in [1.807, 2.05) is 0 Å². The third kappa shape index (κ3) is 4.01. The first kappa shape index (κ1) is 14.5. The third-order valence-corrected chi connectivity index (χ3v) is 2.58. The normalized spacial score (nSPS) is 11.9. The first-order valence-electron chi connectivity index (χ1n) is 5.02. The Morgan fingerprint density at radius 2 is 2.17 bits per heavy atom. The smallest absolute Gasteiger partial charge is 0.328 e. The number of carboxylic acid groups (broad SMARTS) is 1. The van der Waals surface area contributed by atoms with Crippen LogP contribution in [0.1, 0.15) is 10.4 Å². The average Bonchev–Trinajstić information content (AvgIpc) is 2.26. The van der Waals surface area contributed by atoms with E-state index in [4.69, 9.17) is 15.6 Å². The second-order valence-electron chi connectivity index (χ2n) is 3.59. The Morgan fingerprint density at radius 1 is 1.50 bits per heavy atom. The largest absolute Gasteiger partial charge is 0.480 e. The van der Waals surface area contributed by atoms with Crippen molar-refractivity contribution in [3.05, 3.63) is 28.2 Å². The SMILES string of the molecule is COCC(NC(=O)c1cc(N)cc(Br)c1)C(=O)O. The molecule has 1 rings (SSSR count). The molecule has 1 atom stereocenters. The number of nitrogens with two attached hydrogens (primary N) is 1. The molecule has 0 saturated carbocycles. The predicted octanol–water partition coefficient (Wildman–Crippen LogP) is 0.861. The summed E-state index contributed by atoms with van der Waals surface area (Å²) in [5.41, 5.74) is 6.29. The van der Waals surface area contributed by atoms with E-state index in [0.717, 1.165) is 0 Å². The zero-order valence-corrected chi connectivity index (χ0v) is 11.2. The Hall–Kier alpha value is -1.60. The minimum atomic E-state index is -1.16. The van der Waals surface area contributed by atoms with Gasteiger partial charge >= 0.3 is 5.97 Å². The number of aliphatic carboxylic acids is 1. The lowest BCUT2D eigenvalue weighted by Crippen LogP contribution is -2.43. The Bertz CT molecular complexity index is 444. The van der Waals surface area contributed by atoms with Gasteiger partial charge < -0.3 is 20.9 Å². The van der Waals surface area contributed by atoms with Gasteiger partial charge in [0, 0.05) is 22.8 Å². The minimum absolute atomic E-state index is 0.107. The number of anilines is 1. The fraction of sp³-hybridized carbons (Fsp3) is 0.273. The molecule has 1 aromatic carbocycles. The molecule has 0 aliphatic carbocycles. The number of halogens is 1. The molecule has 0 heterocycles. The number of nitrogens with one attached hydrogen (secondary N) is 1. The van der Waals surface area contributed by atoms with E-state index in [2.05, 4.69) is 21.2 Å². The maximum Gasteiger partial charge on any atom is 0.328 e. The van der Waals surface area contributed by atoms with Gasteiger partial charge in [0.05, 0.1) is 6.61 Å². The van der Waals surface area contributed by atoms with Crippen LogP contribution in [-0.4, -0.2) is 36.7 Å². The first-order valence-corrected chi connectivity index (χ1v) is 5.82. The number of benzene rings is 1. The van der Waals surface area contributed by atoms with Crippen molar-refractivity contribution in [3.63, 3.8) is 0 Å². The Morgan fingerprint density at radius 3 is 2.67 bits per heavy atom. The number of nitrogen functional groups attached to an aromatic ring is 1. The molecular weight excluding hydrogens is 304 g/mol. The molecule has 0 aliphatic rings. The number of carbonyl (C=O) groups excluding carboxylic acids is 1. The van der Waals surface area contributed by atoms with Gasteiger partial charge in [0.1, 0.15) is 0 Å². The summed E-state index contributed by atoms with van der Waals surface area (Å²) in [6.07, 6.45) is 0. The number of carbonyl (C=O) groups is 2. The standard InChI is InChI=1S/C11H13BrN2O4/c1-18-5-9(11(16)17)14-10(15)6-2-7(12)4-8(13)3-6/h2-4,9H,5,13H2,1H3,(H,14,15)(H,16,17). The number of methoxy groups -OCH3 is 1. The zero-order valence-electron chi connectivity index (χ0n) is 9.64. The van der Waals surface area contributed by atoms with Crippen LogP contribution < -0.4 is 11.1 Å². The molecule has 18 heavy (non-hydrogen) atoms. The number of carboxylic acids is 1. The molecule has 1 aromatic rings. The second kappa shape index (κ2) is 6.36. The van der Waals surface area contributed by atoms with E-state index < -0.39 is 17.9 Å². The lowest BCUT2D eigenvalue weighted by molar-refractivity contribution is -0.140. The van der Waals surface area contributed by atoms with Crippen LogP contribution in [0.4, 0.5) is 5.69 Å². The molecule has 98 valence electrons. The Kier molecular flexibility index (Phi) is 5.11. The second-order valence-corrected chi connectivity index (χ2v) is 4.51. The molecule has 6 nitrogen and oxygen atoms in total. The van der Waals surface area contributed by atoms with Crippen molar-refractivity contribution in [2.24, 2.45) is 0 Å². The van der Waals surface area contributed by atoms with Crippen LogP contribution in [0.5, 0.6) is 0 Å². The van der Waals surface area contributed by atoms with E-state index >= 15 is 0 Å². The molecule has 1 amide bonds. The van der Waals surface area contributed by atoms with Crippen molar-refractivity contribution >= 4 is 33.5 Å². The van der Waals surface area contributed by atoms with E-state index in [0.29, 0.717) is 10.2 Å². The van der Waals surface area contributed by atoms with E-state index in [9.17, 15) is 9.59 Å².